The number of likely N-dealkylation sites (N-methyl/N-ethyl adjacent to an activating group) is 1. The van der Waals surface area contributed by atoms with Gasteiger partial charge in [0.15, 0.2) is 5.01 Å². The van der Waals surface area contributed by atoms with Gasteiger partial charge in [-0.05, 0) is 62.8 Å². The molecule has 0 spiro atoms. The minimum absolute atomic E-state index is 0.222. The van der Waals surface area contributed by atoms with Gasteiger partial charge in [-0.3, -0.25) is 4.79 Å². The van der Waals surface area contributed by atoms with E-state index < -0.39 is 0 Å². The summed E-state index contributed by atoms with van der Waals surface area (Å²) < 4.78 is 0. The molecule has 1 atom stereocenters. The van der Waals surface area contributed by atoms with Gasteiger partial charge in [0, 0.05) is 41.4 Å². The molecule has 1 aliphatic rings. The molecule has 152 valence electrons. The summed E-state index contributed by atoms with van der Waals surface area (Å²) in [6, 6.07) is 18.3. The monoisotopic (exact) mass is 416 g/mol. The van der Waals surface area contributed by atoms with Gasteiger partial charge in [0.1, 0.15) is 5.69 Å². The van der Waals surface area contributed by atoms with Gasteiger partial charge in [0.05, 0.1) is 0 Å². The zero-order valence-corrected chi connectivity index (χ0v) is 17.9. The number of nitrogens with one attached hydrogen (secondary N) is 1. The van der Waals surface area contributed by atoms with Crippen LogP contribution in [0.3, 0.4) is 0 Å². The molecule has 0 saturated carbocycles. The normalized spacial score (nSPS) is 15.7. The number of thiazole rings is 1. The molecular weight excluding hydrogens is 392 g/mol. The van der Waals surface area contributed by atoms with E-state index in [0.29, 0.717) is 16.7 Å². The summed E-state index contributed by atoms with van der Waals surface area (Å²) in [5, 5.41) is 5.29. The number of nitrogens with zero attached hydrogens (tertiary/aromatic N) is 3. The van der Waals surface area contributed by atoms with Crippen molar-refractivity contribution in [2.75, 3.05) is 37.4 Å². The Morgan fingerprint density at radius 1 is 1.13 bits per heavy atom. The van der Waals surface area contributed by atoms with Gasteiger partial charge in [0.25, 0.3) is 5.91 Å². The Kier molecular flexibility index (Phi) is 6.12. The van der Waals surface area contributed by atoms with Crippen LogP contribution in [0.1, 0.15) is 27.5 Å². The van der Waals surface area contributed by atoms with E-state index in [9.17, 15) is 4.79 Å². The third-order valence-electron chi connectivity index (χ3n) is 5.21. The molecule has 5 nitrogen and oxygen atoms in total. The lowest BCUT2D eigenvalue weighted by Crippen LogP contribution is -2.31. The summed E-state index contributed by atoms with van der Waals surface area (Å²) in [6.45, 7) is 2.09. The van der Waals surface area contributed by atoms with Gasteiger partial charge >= 0.3 is 0 Å². The van der Waals surface area contributed by atoms with Crippen LogP contribution in [0.5, 0.6) is 0 Å². The molecule has 1 aliphatic heterocycles. The van der Waals surface area contributed by atoms with E-state index in [1.54, 1.807) is 5.38 Å². The minimum atomic E-state index is -0.222. The van der Waals surface area contributed by atoms with E-state index in [4.69, 9.17) is 0 Å². The molecule has 30 heavy (non-hydrogen) atoms. The van der Waals surface area contributed by atoms with E-state index in [1.807, 2.05) is 42.5 Å². The molecule has 4 rings (SSSR count). The first-order valence-electron chi connectivity index (χ1n) is 9.94. The van der Waals surface area contributed by atoms with Crippen LogP contribution in [0.4, 0.5) is 11.4 Å². The second kappa shape index (κ2) is 9.12. The zero-order valence-electron chi connectivity index (χ0n) is 17.1. The number of carbonyl (C=O) groups excluding carboxylic acids is 1. The van der Waals surface area contributed by atoms with Crippen molar-refractivity contribution < 1.29 is 4.79 Å². The molecule has 1 aromatic heterocycles. The van der Waals surface area contributed by atoms with Crippen LogP contribution in [-0.2, 0) is 0 Å². The number of aromatic nitrogens is 1. The van der Waals surface area contributed by atoms with E-state index in [-0.39, 0.29) is 5.91 Å². The summed E-state index contributed by atoms with van der Waals surface area (Å²) >= 11 is 1.37. The van der Waals surface area contributed by atoms with Crippen molar-refractivity contribution in [3.05, 3.63) is 76.2 Å². The summed E-state index contributed by atoms with van der Waals surface area (Å²) in [5.74, 6) is 5.86. The molecule has 0 bridgehead atoms. The van der Waals surface area contributed by atoms with E-state index in [0.717, 1.165) is 24.3 Å². The summed E-state index contributed by atoms with van der Waals surface area (Å²) in [4.78, 5) is 21.5. The third kappa shape index (κ3) is 4.88. The van der Waals surface area contributed by atoms with Crippen molar-refractivity contribution in [1.29, 1.82) is 0 Å². The fraction of sp³-hybridized carbons (Fsp3) is 0.250. The molecule has 2 heterocycles. The first kappa shape index (κ1) is 20.1. The fourth-order valence-corrected chi connectivity index (χ4v) is 4.08. The molecular formula is C24H24N4OS. The predicted molar refractivity (Wildman–Crippen MR) is 123 cm³/mol. The quantitative estimate of drug-likeness (QED) is 0.655. The van der Waals surface area contributed by atoms with Gasteiger partial charge in [-0.2, -0.15) is 0 Å². The predicted octanol–water partition coefficient (Wildman–Crippen LogP) is 3.94. The van der Waals surface area contributed by atoms with Crippen molar-refractivity contribution >= 4 is 28.6 Å². The van der Waals surface area contributed by atoms with Gasteiger partial charge in [0.2, 0.25) is 0 Å². The third-order valence-corrected chi connectivity index (χ3v) is 5.97. The number of anilines is 2. The molecule has 2 aromatic carbocycles. The molecule has 3 aromatic rings. The molecule has 1 unspecified atom stereocenters. The van der Waals surface area contributed by atoms with Crippen molar-refractivity contribution in [2.24, 2.45) is 0 Å². The highest BCUT2D eigenvalue weighted by molar-refractivity contribution is 7.10. The van der Waals surface area contributed by atoms with Gasteiger partial charge in [-0.15, -0.1) is 11.3 Å². The number of hydrogen-bond donors (Lipinski definition) is 1. The maximum Gasteiger partial charge on any atom is 0.275 e. The first-order valence-corrected chi connectivity index (χ1v) is 10.8. The summed E-state index contributed by atoms with van der Waals surface area (Å²) in [5.41, 5.74) is 3.25. The zero-order chi connectivity index (χ0) is 20.9. The van der Waals surface area contributed by atoms with Crippen molar-refractivity contribution in [3.8, 4) is 11.8 Å². The maximum atomic E-state index is 12.5. The average molecular weight is 417 g/mol. The highest BCUT2D eigenvalue weighted by atomic mass is 32.1. The van der Waals surface area contributed by atoms with E-state index in [1.165, 1.54) is 23.4 Å². The Balaban J connectivity index is 1.36. The topological polar surface area (TPSA) is 48.5 Å². The standard InChI is InChI=1S/C24H24N4OS/c1-27(2)21-14-15-28(16-21)20-11-9-19(10-12-20)25-24(29)22-17-30-23(26-22)13-8-18-6-4-3-5-7-18/h3-7,9-12,17,21H,14-16H2,1-2H3,(H,25,29). The Bertz CT molecular complexity index is 1060. The lowest BCUT2D eigenvalue weighted by atomic mass is 10.2. The SMILES string of the molecule is CN(C)C1CCN(c2ccc(NC(=O)c3csc(C#Cc4ccccc4)n3)cc2)C1. The molecule has 1 fully saturated rings. The van der Waals surface area contributed by atoms with Crippen molar-refractivity contribution in [2.45, 2.75) is 12.5 Å². The molecule has 1 saturated heterocycles. The van der Waals surface area contributed by atoms with Crippen LogP contribution in [0, 0.1) is 11.8 Å². The van der Waals surface area contributed by atoms with Crippen LogP contribution in [0.2, 0.25) is 0 Å². The van der Waals surface area contributed by atoms with Crippen LogP contribution in [0.15, 0.2) is 60.0 Å². The van der Waals surface area contributed by atoms with Crippen LogP contribution in [-0.4, -0.2) is 49.0 Å². The Morgan fingerprint density at radius 3 is 2.60 bits per heavy atom. The van der Waals surface area contributed by atoms with Crippen LogP contribution in [0.25, 0.3) is 0 Å². The van der Waals surface area contributed by atoms with Crippen molar-refractivity contribution in [1.82, 2.24) is 9.88 Å². The van der Waals surface area contributed by atoms with Crippen LogP contribution >= 0.6 is 11.3 Å². The largest absolute Gasteiger partial charge is 0.370 e. The lowest BCUT2D eigenvalue weighted by Gasteiger charge is -2.22. The minimum Gasteiger partial charge on any atom is -0.370 e. The number of hydrogen-bond acceptors (Lipinski definition) is 5. The van der Waals surface area contributed by atoms with Gasteiger partial charge in [-0.1, -0.05) is 24.1 Å². The molecule has 0 radical (unpaired) electrons. The molecule has 6 heteroatoms. The number of amides is 1. The smallest absolute Gasteiger partial charge is 0.275 e. The summed E-state index contributed by atoms with van der Waals surface area (Å²) in [6.07, 6.45) is 1.17. The van der Waals surface area contributed by atoms with E-state index >= 15 is 0 Å². The van der Waals surface area contributed by atoms with Gasteiger partial charge < -0.3 is 15.1 Å². The van der Waals surface area contributed by atoms with Crippen LogP contribution < -0.4 is 10.2 Å². The van der Waals surface area contributed by atoms with Gasteiger partial charge in [-0.25, -0.2) is 4.98 Å². The number of benzene rings is 2. The van der Waals surface area contributed by atoms with E-state index in [2.05, 4.69) is 58.2 Å². The Hall–Kier alpha value is -3.14. The maximum absolute atomic E-state index is 12.5. The lowest BCUT2D eigenvalue weighted by molar-refractivity contribution is 0.102. The van der Waals surface area contributed by atoms with Crippen molar-refractivity contribution in [3.63, 3.8) is 0 Å². The first-order chi connectivity index (χ1) is 14.6. The second-order valence-corrected chi connectivity index (χ2v) is 8.37. The molecule has 0 aliphatic carbocycles. The molecule has 1 N–H and O–H groups in total. The average Bonchev–Trinajstić information content (AvgIpc) is 3.44. The highest BCUT2D eigenvalue weighted by Gasteiger charge is 2.24. The Labute approximate surface area is 181 Å². The Morgan fingerprint density at radius 2 is 1.90 bits per heavy atom. The molecule has 1 amide bonds. The second-order valence-electron chi connectivity index (χ2n) is 7.51. The highest BCUT2D eigenvalue weighted by Crippen LogP contribution is 2.24. The number of rotatable bonds is 4. The number of carbonyl (C=O) groups is 1. The summed E-state index contributed by atoms with van der Waals surface area (Å²) in [7, 11) is 4.26. The fourth-order valence-electron chi connectivity index (χ4n) is 3.43.